The molecular formula is C23H26ClN7O. The molecule has 1 aromatic carbocycles. The van der Waals surface area contributed by atoms with E-state index in [1.165, 1.54) is 19.3 Å². The molecule has 9 heteroatoms. The standard InChI is InChI=1S/C23H26ClN7O/c1-31-18(10-11-26-31)14-8-9-17(19(12-14)32-2)28-23-29-21-20(16(24)13-25-21)22(30-23)27-15-6-4-3-5-7-15/h8-13,15H,3-7H2,1-2H3,(H3,25,27,28,29,30). The molecule has 1 aliphatic rings. The monoisotopic (exact) mass is 451 g/mol. The Morgan fingerprint density at radius 1 is 1.16 bits per heavy atom. The zero-order valence-corrected chi connectivity index (χ0v) is 18.9. The summed E-state index contributed by atoms with van der Waals surface area (Å²) in [6.07, 6.45) is 9.57. The Bertz CT molecular complexity index is 1240. The zero-order valence-electron chi connectivity index (χ0n) is 18.2. The third-order valence-electron chi connectivity index (χ3n) is 5.99. The second-order valence-electron chi connectivity index (χ2n) is 8.12. The van der Waals surface area contributed by atoms with Crippen LogP contribution in [0.1, 0.15) is 32.1 Å². The summed E-state index contributed by atoms with van der Waals surface area (Å²) in [5.74, 6) is 1.92. The Balaban J connectivity index is 1.48. The van der Waals surface area contributed by atoms with Crippen molar-refractivity contribution in [2.24, 2.45) is 7.05 Å². The van der Waals surface area contributed by atoms with E-state index in [0.717, 1.165) is 41.0 Å². The maximum absolute atomic E-state index is 6.44. The van der Waals surface area contributed by atoms with Crippen LogP contribution in [0.5, 0.6) is 5.75 Å². The summed E-state index contributed by atoms with van der Waals surface area (Å²) in [6, 6.07) is 8.33. The lowest BCUT2D eigenvalue weighted by atomic mass is 9.95. The molecule has 3 heterocycles. The normalized spacial score (nSPS) is 14.6. The van der Waals surface area contributed by atoms with Gasteiger partial charge in [0.2, 0.25) is 5.95 Å². The number of nitrogens with zero attached hydrogens (tertiary/aromatic N) is 4. The van der Waals surface area contributed by atoms with Crippen LogP contribution in [0.2, 0.25) is 5.02 Å². The van der Waals surface area contributed by atoms with Crippen molar-refractivity contribution in [1.82, 2.24) is 24.7 Å². The minimum atomic E-state index is 0.397. The third-order valence-corrected chi connectivity index (χ3v) is 6.29. The average Bonchev–Trinajstić information content (AvgIpc) is 3.40. The first-order chi connectivity index (χ1) is 15.6. The second kappa shape index (κ2) is 8.70. The Kier molecular flexibility index (Phi) is 5.61. The SMILES string of the molecule is COc1cc(-c2ccnn2C)ccc1Nc1nc(NC2CCCCC2)c2c(Cl)c[nH]c2n1. The van der Waals surface area contributed by atoms with Gasteiger partial charge in [0.05, 0.1) is 28.9 Å². The van der Waals surface area contributed by atoms with E-state index in [9.17, 15) is 0 Å². The smallest absolute Gasteiger partial charge is 0.231 e. The van der Waals surface area contributed by atoms with E-state index in [-0.39, 0.29) is 0 Å². The van der Waals surface area contributed by atoms with Crippen molar-refractivity contribution in [2.45, 2.75) is 38.1 Å². The first kappa shape index (κ1) is 20.6. The van der Waals surface area contributed by atoms with Gasteiger partial charge >= 0.3 is 0 Å². The second-order valence-corrected chi connectivity index (χ2v) is 8.52. The largest absolute Gasteiger partial charge is 0.495 e. The molecule has 166 valence electrons. The van der Waals surface area contributed by atoms with Crippen LogP contribution in [0.4, 0.5) is 17.5 Å². The number of benzene rings is 1. The molecule has 0 saturated heterocycles. The number of nitrogens with one attached hydrogen (secondary N) is 3. The van der Waals surface area contributed by atoms with Gasteiger partial charge in [-0.1, -0.05) is 36.9 Å². The summed E-state index contributed by atoms with van der Waals surface area (Å²) >= 11 is 6.44. The summed E-state index contributed by atoms with van der Waals surface area (Å²) in [7, 11) is 3.57. The van der Waals surface area contributed by atoms with Crippen molar-refractivity contribution in [1.29, 1.82) is 0 Å². The predicted molar refractivity (Wildman–Crippen MR) is 128 cm³/mol. The van der Waals surface area contributed by atoms with Crippen LogP contribution in [-0.2, 0) is 7.05 Å². The van der Waals surface area contributed by atoms with Crippen LogP contribution in [-0.4, -0.2) is 37.9 Å². The van der Waals surface area contributed by atoms with E-state index in [0.29, 0.717) is 28.4 Å². The van der Waals surface area contributed by atoms with E-state index >= 15 is 0 Å². The van der Waals surface area contributed by atoms with Gasteiger partial charge in [0, 0.05) is 31.0 Å². The summed E-state index contributed by atoms with van der Waals surface area (Å²) in [4.78, 5) is 12.6. The van der Waals surface area contributed by atoms with Gasteiger partial charge < -0.3 is 20.4 Å². The number of hydrogen-bond donors (Lipinski definition) is 3. The molecule has 0 radical (unpaired) electrons. The summed E-state index contributed by atoms with van der Waals surface area (Å²) in [5, 5.41) is 12.6. The zero-order chi connectivity index (χ0) is 22.1. The molecule has 0 bridgehead atoms. The van der Waals surface area contributed by atoms with E-state index in [2.05, 4.69) is 25.7 Å². The number of rotatable bonds is 6. The summed E-state index contributed by atoms with van der Waals surface area (Å²) < 4.78 is 7.48. The van der Waals surface area contributed by atoms with E-state index in [4.69, 9.17) is 21.3 Å². The molecule has 3 aromatic heterocycles. The molecule has 0 atom stereocenters. The van der Waals surface area contributed by atoms with Crippen LogP contribution in [0.15, 0.2) is 36.7 Å². The van der Waals surface area contributed by atoms with Crippen LogP contribution in [0.3, 0.4) is 0 Å². The van der Waals surface area contributed by atoms with Crippen LogP contribution in [0.25, 0.3) is 22.3 Å². The first-order valence-corrected chi connectivity index (χ1v) is 11.2. The van der Waals surface area contributed by atoms with Crippen molar-refractivity contribution in [3.8, 4) is 17.0 Å². The predicted octanol–water partition coefficient (Wildman–Crippen LogP) is 5.51. The number of fused-ring (bicyclic) bond motifs is 1. The molecule has 5 rings (SSSR count). The lowest BCUT2D eigenvalue weighted by molar-refractivity contribution is 0.417. The molecule has 1 fully saturated rings. The molecule has 0 spiro atoms. The molecule has 1 aliphatic carbocycles. The fraction of sp³-hybridized carbons (Fsp3) is 0.348. The van der Waals surface area contributed by atoms with Gasteiger partial charge in [0.25, 0.3) is 0 Å². The Morgan fingerprint density at radius 2 is 2.00 bits per heavy atom. The van der Waals surface area contributed by atoms with Crippen LogP contribution < -0.4 is 15.4 Å². The number of methoxy groups -OCH3 is 1. The van der Waals surface area contributed by atoms with Crippen LogP contribution >= 0.6 is 11.6 Å². The van der Waals surface area contributed by atoms with Gasteiger partial charge in [-0.15, -0.1) is 0 Å². The van der Waals surface area contributed by atoms with E-state index in [1.54, 1.807) is 19.5 Å². The van der Waals surface area contributed by atoms with E-state index < -0.39 is 0 Å². The minimum Gasteiger partial charge on any atom is -0.495 e. The summed E-state index contributed by atoms with van der Waals surface area (Å²) in [5.41, 5.74) is 3.49. The van der Waals surface area contributed by atoms with Crippen molar-refractivity contribution < 1.29 is 4.74 Å². The number of aromatic amines is 1. The molecular weight excluding hydrogens is 426 g/mol. The van der Waals surface area contributed by atoms with E-state index in [1.807, 2.05) is 36.0 Å². The molecule has 8 nitrogen and oxygen atoms in total. The quantitative estimate of drug-likeness (QED) is 0.358. The molecule has 3 N–H and O–H groups in total. The number of H-pyrrole nitrogens is 1. The van der Waals surface area contributed by atoms with Crippen LogP contribution in [0, 0.1) is 0 Å². The van der Waals surface area contributed by atoms with Gasteiger partial charge in [-0.3, -0.25) is 4.68 Å². The van der Waals surface area contributed by atoms with Gasteiger partial charge in [-0.05, 0) is 31.0 Å². The highest BCUT2D eigenvalue weighted by atomic mass is 35.5. The molecule has 32 heavy (non-hydrogen) atoms. The highest BCUT2D eigenvalue weighted by Crippen LogP contribution is 2.35. The van der Waals surface area contributed by atoms with Gasteiger partial charge in [0.1, 0.15) is 17.2 Å². The van der Waals surface area contributed by atoms with Gasteiger partial charge in [-0.25, -0.2) is 0 Å². The molecule has 0 unspecified atom stereocenters. The number of aryl methyl sites for hydroxylation is 1. The highest BCUT2D eigenvalue weighted by molar-refractivity contribution is 6.36. The third kappa shape index (κ3) is 3.98. The maximum Gasteiger partial charge on any atom is 0.231 e. The Hall–Kier alpha value is -3.26. The maximum atomic E-state index is 6.44. The number of ether oxygens (including phenoxy) is 1. The highest BCUT2D eigenvalue weighted by Gasteiger charge is 2.19. The fourth-order valence-electron chi connectivity index (χ4n) is 4.33. The Morgan fingerprint density at radius 3 is 2.75 bits per heavy atom. The van der Waals surface area contributed by atoms with Crippen molar-refractivity contribution in [2.75, 3.05) is 17.7 Å². The van der Waals surface area contributed by atoms with Crippen molar-refractivity contribution in [3.63, 3.8) is 0 Å². The Labute approximate surface area is 191 Å². The topological polar surface area (TPSA) is 92.7 Å². The number of anilines is 3. The average molecular weight is 452 g/mol. The minimum absolute atomic E-state index is 0.397. The molecule has 0 aliphatic heterocycles. The molecule has 0 amide bonds. The lowest BCUT2D eigenvalue weighted by Gasteiger charge is -2.24. The van der Waals surface area contributed by atoms with Crippen molar-refractivity contribution in [3.05, 3.63) is 41.7 Å². The van der Waals surface area contributed by atoms with Crippen molar-refractivity contribution >= 4 is 40.1 Å². The molecule has 4 aromatic rings. The fourth-order valence-corrected chi connectivity index (χ4v) is 4.56. The van der Waals surface area contributed by atoms with Gasteiger partial charge in [0.15, 0.2) is 0 Å². The first-order valence-electron chi connectivity index (χ1n) is 10.9. The molecule has 1 saturated carbocycles. The number of aromatic nitrogens is 5. The number of halogens is 1. The van der Waals surface area contributed by atoms with Gasteiger partial charge in [-0.2, -0.15) is 15.1 Å². The number of hydrogen-bond acceptors (Lipinski definition) is 6. The lowest BCUT2D eigenvalue weighted by Crippen LogP contribution is -2.23. The summed E-state index contributed by atoms with van der Waals surface area (Å²) in [6.45, 7) is 0.